The van der Waals surface area contributed by atoms with Gasteiger partial charge in [0.2, 0.25) is 0 Å². The molecule has 0 fully saturated rings. The number of rotatable bonds is 0. The van der Waals surface area contributed by atoms with Crippen molar-refractivity contribution in [3.05, 3.63) is 71.8 Å². The topological polar surface area (TPSA) is 40.5 Å². The fraction of sp³-hybridized carbons (Fsp3) is 0.0909. The van der Waals surface area contributed by atoms with Crippen LogP contribution in [0.1, 0.15) is 23.3 Å². The molecular weight excluding hydrogens is 296 g/mol. The maximum Gasteiger partial charge on any atom is 0.110 e. The molecule has 0 unspecified atom stereocenters. The second-order valence-electron chi connectivity index (χ2n) is 6.76. The largest absolute Gasteiger partial charge is 0.385 e. The third kappa shape index (κ3) is 1.27. The summed E-state index contributed by atoms with van der Waals surface area (Å²) < 4.78 is 0. The summed E-state index contributed by atoms with van der Waals surface area (Å²) >= 11 is 0. The SMILES string of the molecule is O[C@@H]1c2ccc3c4c(cc5cccc(c5c24)[C@@H]1O)-c1ccccc1-3. The molecule has 6 rings (SSSR count). The zero-order valence-corrected chi connectivity index (χ0v) is 12.8. The van der Waals surface area contributed by atoms with E-state index in [-0.39, 0.29) is 0 Å². The van der Waals surface area contributed by atoms with Crippen LogP contribution in [0.2, 0.25) is 0 Å². The van der Waals surface area contributed by atoms with Crippen molar-refractivity contribution < 1.29 is 10.2 Å². The van der Waals surface area contributed by atoms with Crippen LogP contribution in [0.15, 0.2) is 60.7 Å². The van der Waals surface area contributed by atoms with Gasteiger partial charge in [0.1, 0.15) is 12.2 Å². The Balaban J connectivity index is 1.96. The second kappa shape index (κ2) is 4.04. The molecule has 0 aliphatic heterocycles. The molecular formula is C22H14O2. The van der Waals surface area contributed by atoms with Crippen molar-refractivity contribution in [2.45, 2.75) is 12.2 Å². The first-order valence-corrected chi connectivity index (χ1v) is 8.24. The summed E-state index contributed by atoms with van der Waals surface area (Å²) in [6, 6.07) is 20.7. The minimum Gasteiger partial charge on any atom is -0.385 e. The van der Waals surface area contributed by atoms with Gasteiger partial charge in [0.05, 0.1) is 0 Å². The lowest BCUT2D eigenvalue weighted by atomic mass is 9.81. The van der Waals surface area contributed by atoms with E-state index in [1.165, 1.54) is 27.6 Å². The lowest BCUT2D eigenvalue weighted by Gasteiger charge is -2.28. The number of aliphatic hydroxyl groups excluding tert-OH is 2. The lowest BCUT2D eigenvalue weighted by Crippen LogP contribution is -2.15. The Bertz CT molecular complexity index is 1190. The van der Waals surface area contributed by atoms with Gasteiger partial charge in [-0.15, -0.1) is 0 Å². The molecule has 0 amide bonds. The Labute approximate surface area is 138 Å². The molecule has 0 saturated heterocycles. The molecule has 2 atom stereocenters. The van der Waals surface area contributed by atoms with Gasteiger partial charge in [-0.2, -0.15) is 0 Å². The Hall–Kier alpha value is -2.68. The van der Waals surface area contributed by atoms with Crippen molar-refractivity contribution in [1.29, 1.82) is 0 Å². The van der Waals surface area contributed by atoms with E-state index in [2.05, 4.69) is 42.5 Å². The van der Waals surface area contributed by atoms with Crippen LogP contribution in [-0.4, -0.2) is 10.2 Å². The molecule has 2 aliphatic rings. The molecule has 2 nitrogen and oxygen atoms in total. The summed E-state index contributed by atoms with van der Waals surface area (Å²) in [6.45, 7) is 0. The Morgan fingerprint density at radius 3 is 2.04 bits per heavy atom. The molecule has 2 N–H and O–H groups in total. The third-order valence-electron chi connectivity index (χ3n) is 5.63. The molecule has 4 aromatic rings. The van der Waals surface area contributed by atoms with Gasteiger partial charge in [0.15, 0.2) is 0 Å². The molecule has 0 spiro atoms. The minimum atomic E-state index is -0.879. The highest BCUT2D eigenvalue weighted by Gasteiger charge is 2.33. The summed E-state index contributed by atoms with van der Waals surface area (Å²) in [4.78, 5) is 0. The van der Waals surface area contributed by atoms with E-state index in [1.807, 2.05) is 18.2 Å². The smallest absolute Gasteiger partial charge is 0.110 e. The molecule has 0 bridgehead atoms. The molecule has 2 heteroatoms. The van der Waals surface area contributed by atoms with Crippen molar-refractivity contribution in [2.75, 3.05) is 0 Å². The van der Waals surface area contributed by atoms with Gasteiger partial charge in [0.25, 0.3) is 0 Å². The number of hydrogen-bond donors (Lipinski definition) is 2. The quantitative estimate of drug-likeness (QED) is 0.406. The molecule has 0 aromatic heterocycles. The van der Waals surface area contributed by atoms with Crippen molar-refractivity contribution in [1.82, 2.24) is 0 Å². The van der Waals surface area contributed by atoms with Gasteiger partial charge in [-0.1, -0.05) is 54.6 Å². The van der Waals surface area contributed by atoms with Crippen molar-refractivity contribution in [3.63, 3.8) is 0 Å². The summed E-state index contributed by atoms with van der Waals surface area (Å²) in [5, 5.41) is 25.7. The molecule has 0 heterocycles. The fourth-order valence-electron chi connectivity index (χ4n) is 4.62. The number of aliphatic hydroxyl groups is 2. The van der Waals surface area contributed by atoms with E-state index in [0.29, 0.717) is 0 Å². The summed E-state index contributed by atoms with van der Waals surface area (Å²) in [6.07, 6.45) is -1.75. The highest BCUT2D eigenvalue weighted by molar-refractivity contribution is 6.25. The molecule has 2 aliphatic carbocycles. The molecule has 0 saturated carbocycles. The predicted octanol–water partition coefficient (Wildman–Crippen LogP) is 4.72. The first-order chi connectivity index (χ1) is 11.8. The van der Waals surface area contributed by atoms with Gasteiger partial charge in [0, 0.05) is 0 Å². The first-order valence-electron chi connectivity index (χ1n) is 8.24. The molecule has 24 heavy (non-hydrogen) atoms. The first kappa shape index (κ1) is 12.7. The van der Waals surface area contributed by atoms with Gasteiger partial charge >= 0.3 is 0 Å². The summed E-state index contributed by atoms with van der Waals surface area (Å²) in [5.41, 5.74) is 6.60. The van der Waals surface area contributed by atoms with Crippen LogP contribution in [0.3, 0.4) is 0 Å². The Kier molecular flexibility index (Phi) is 2.14. The zero-order valence-electron chi connectivity index (χ0n) is 12.8. The van der Waals surface area contributed by atoms with Crippen LogP contribution in [0, 0.1) is 0 Å². The average Bonchev–Trinajstić information content (AvgIpc) is 2.95. The van der Waals surface area contributed by atoms with Crippen LogP contribution in [-0.2, 0) is 0 Å². The maximum absolute atomic E-state index is 10.7. The van der Waals surface area contributed by atoms with E-state index in [0.717, 1.165) is 27.3 Å². The van der Waals surface area contributed by atoms with E-state index >= 15 is 0 Å². The van der Waals surface area contributed by atoms with Gasteiger partial charge in [-0.05, 0) is 61.0 Å². The Morgan fingerprint density at radius 2 is 1.25 bits per heavy atom. The van der Waals surface area contributed by atoms with Crippen molar-refractivity contribution in [2.24, 2.45) is 0 Å². The van der Waals surface area contributed by atoms with Gasteiger partial charge < -0.3 is 10.2 Å². The van der Waals surface area contributed by atoms with E-state index in [9.17, 15) is 10.2 Å². The highest BCUT2D eigenvalue weighted by atomic mass is 16.3. The van der Waals surface area contributed by atoms with Crippen LogP contribution < -0.4 is 0 Å². The van der Waals surface area contributed by atoms with E-state index in [1.54, 1.807) is 0 Å². The van der Waals surface area contributed by atoms with Crippen LogP contribution in [0.25, 0.3) is 43.8 Å². The van der Waals surface area contributed by atoms with Crippen LogP contribution >= 0.6 is 0 Å². The minimum absolute atomic E-state index is 0.826. The van der Waals surface area contributed by atoms with Crippen molar-refractivity contribution in [3.8, 4) is 22.3 Å². The van der Waals surface area contributed by atoms with Crippen molar-refractivity contribution >= 4 is 21.5 Å². The number of benzene rings is 4. The lowest BCUT2D eigenvalue weighted by molar-refractivity contribution is 0.0178. The average molecular weight is 310 g/mol. The van der Waals surface area contributed by atoms with Gasteiger partial charge in [-0.25, -0.2) is 0 Å². The van der Waals surface area contributed by atoms with Gasteiger partial charge in [-0.3, -0.25) is 0 Å². The standard InChI is InChI=1S/C22H14O2/c23-21-15-7-3-4-11-10-17-13-6-2-1-5-12(13)14-8-9-16(22(21)24)20(18(11)15)19(14)17/h1-10,21-24H/t21-,22+/m0/s1. The predicted molar refractivity (Wildman–Crippen MR) is 95.8 cm³/mol. The van der Waals surface area contributed by atoms with E-state index in [4.69, 9.17) is 0 Å². The number of fused-ring (bicyclic) bond motifs is 3. The number of hydrogen-bond acceptors (Lipinski definition) is 2. The third-order valence-corrected chi connectivity index (χ3v) is 5.63. The zero-order chi connectivity index (χ0) is 16.0. The monoisotopic (exact) mass is 310 g/mol. The molecule has 0 radical (unpaired) electrons. The molecule has 114 valence electrons. The Morgan fingerprint density at radius 1 is 0.542 bits per heavy atom. The van der Waals surface area contributed by atoms with Crippen LogP contribution in [0.5, 0.6) is 0 Å². The normalized spacial score (nSPS) is 20.1. The van der Waals surface area contributed by atoms with E-state index < -0.39 is 12.2 Å². The summed E-state index contributed by atoms with van der Waals surface area (Å²) in [7, 11) is 0. The highest BCUT2D eigenvalue weighted by Crippen LogP contribution is 2.54. The second-order valence-corrected chi connectivity index (χ2v) is 6.76. The fourth-order valence-corrected chi connectivity index (χ4v) is 4.62. The summed E-state index contributed by atoms with van der Waals surface area (Å²) in [5.74, 6) is 0. The maximum atomic E-state index is 10.7. The van der Waals surface area contributed by atoms with Crippen LogP contribution in [0.4, 0.5) is 0 Å². The molecule has 4 aromatic carbocycles.